The minimum absolute atomic E-state index is 0.00136. The van der Waals surface area contributed by atoms with Crippen LogP contribution in [0, 0.1) is 6.92 Å². The van der Waals surface area contributed by atoms with Crippen LogP contribution in [0.5, 0.6) is 5.75 Å². The summed E-state index contributed by atoms with van der Waals surface area (Å²) in [6.07, 6.45) is 2.68. The Bertz CT molecular complexity index is 955. The molecule has 7 nitrogen and oxygen atoms in total. The van der Waals surface area contributed by atoms with Crippen molar-refractivity contribution in [1.82, 2.24) is 5.32 Å². The van der Waals surface area contributed by atoms with Gasteiger partial charge in [0.15, 0.2) is 0 Å². The zero-order valence-corrected chi connectivity index (χ0v) is 17.3. The van der Waals surface area contributed by atoms with Crippen LogP contribution < -0.4 is 15.4 Å². The topological polar surface area (TPSA) is 93.7 Å². The minimum Gasteiger partial charge on any atom is -0.462 e. The van der Waals surface area contributed by atoms with Gasteiger partial charge in [0.2, 0.25) is 5.91 Å². The molecule has 2 N–H and O–H groups in total. The van der Waals surface area contributed by atoms with Crippen LogP contribution in [0.25, 0.3) is 6.08 Å². The molecule has 0 aliphatic rings. The van der Waals surface area contributed by atoms with Crippen molar-refractivity contribution < 1.29 is 32.6 Å². The van der Waals surface area contributed by atoms with E-state index in [1.807, 2.05) is 0 Å². The molecule has 2 amide bonds. The van der Waals surface area contributed by atoms with Gasteiger partial charge >= 0.3 is 12.6 Å². The van der Waals surface area contributed by atoms with Gasteiger partial charge in [0, 0.05) is 13.1 Å². The van der Waals surface area contributed by atoms with E-state index >= 15 is 0 Å². The van der Waals surface area contributed by atoms with Crippen molar-refractivity contribution in [2.75, 3.05) is 19.0 Å². The zero-order chi connectivity index (χ0) is 22.3. The van der Waals surface area contributed by atoms with Crippen LogP contribution in [-0.4, -0.2) is 38.0 Å². The van der Waals surface area contributed by atoms with E-state index in [4.69, 9.17) is 4.74 Å². The van der Waals surface area contributed by atoms with Gasteiger partial charge in [0.1, 0.15) is 10.8 Å². The molecule has 0 atom stereocenters. The van der Waals surface area contributed by atoms with Crippen LogP contribution >= 0.6 is 11.3 Å². The Labute approximate surface area is 175 Å². The summed E-state index contributed by atoms with van der Waals surface area (Å²) in [5.41, 5.74) is 1.10. The second-order valence-electron chi connectivity index (χ2n) is 5.83. The molecule has 1 heterocycles. The highest BCUT2D eigenvalue weighted by molar-refractivity contribution is 7.18. The summed E-state index contributed by atoms with van der Waals surface area (Å²) in [4.78, 5) is 36.9. The average Bonchev–Trinajstić information content (AvgIpc) is 3.02. The first-order valence-electron chi connectivity index (χ1n) is 8.83. The predicted molar refractivity (Wildman–Crippen MR) is 109 cm³/mol. The van der Waals surface area contributed by atoms with Crippen LogP contribution in [0.15, 0.2) is 30.3 Å². The maximum Gasteiger partial charge on any atom is 0.387 e. The number of benzene rings is 1. The maximum atomic E-state index is 12.3. The molecule has 10 heteroatoms. The molecule has 0 saturated carbocycles. The number of nitrogens with one attached hydrogen (secondary N) is 2. The molecule has 30 heavy (non-hydrogen) atoms. The van der Waals surface area contributed by atoms with Gasteiger partial charge in [-0.3, -0.25) is 9.59 Å². The summed E-state index contributed by atoms with van der Waals surface area (Å²) in [5.74, 6) is -1.57. The molecule has 0 radical (unpaired) electrons. The minimum atomic E-state index is -2.92. The Morgan fingerprint density at radius 3 is 2.43 bits per heavy atom. The molecule has 2 aromatic rings. The molecule has 0 saturated heterocycles. The van der Waals surface area contributed by atoms with Crippen LogP contribution in [0.3, 0.4) is 0 Å². The second-order valence-corrected chi connectivity index (χ2v) is 6.85. The van der Waals surface area contributed by atoms with E-state index in [9.17, 15) is 23.2 Å². The van der Waals surface area contributed by atoms with E-state index < -0.39 is 18.5 Å². The number of carbonyl (C=O) groups excluding carboxylic acids is 3. The fourth-order valence-electron chi connectivity index (χ4n) is 2.47. The number of alkyl halides is 2. The standard InChI is InChI=1S/C20H20F2N2O5S/c1-4-28-19(27)15-11(2)16(17(26)23-3)30-18(15)24-14(25)10-7-12-5-8-13(9-6-12)29-20(21)22/h5-10,20H,4H2,1-3H3,(H,23,26)(H,24,25)/b10-7+. The number of thiophene rings is 1. The lowest BCUT2D eigenvalue weighted by Crippen LogP contribution is -2.17. The van der Waals surface area contributed by atoms with Gasteiger partial charge in [0.05, 0.1) is 17.0 Å². The van der Waals surface area contributed by atoms with Crippen LogP contribution in [-0.2, 0) is 9.53 Å². The molecule has 0 unspecified atom stereocenters. The quantitative estimate of drug-likeness (QED) is 0.482. The Hall–Kier alpha value is -3.27. The van der Waals surface area contributed by atoms with Crippen LogP contribution in [0.4, 0.5) is 13.8 Å². The molecule has 160 valence electrons. The first-order chi connectivity index (χ1) is 14.3. The molecule has 0 aliphatic heterocycles. The van der Waals surface area contributed by atoms with E-state index in [1.165, 1.54) is 43.5 Å². The van der Waals surface area contributed by atoms with E-state index in [0.29, 0.717) is 11.1 Å². The fraction of sp³-hybridized carbons (Fsp3) is 0.250. The van der Waals surface area contributed by atoms with E-state index in [1.54, 1.807) is 13.8 Å². The Kier molecular flexibility index (Phi) is 8.05. The van der Waals surface area contributed by atoms with E-state index in [-0.39, 0.29) is 33.7 Å². The normalized spacial score (nSPS) is 10.9. The highest BCUT2D eigenvalue weighted by Gasteiger charge is 2.25. The largest absolute Gasteiger partial charge is 0.462 e. The Morgan fingerprint density at radius 2 is 1.87 bits per heavy atom. The van der Waals surface area contributed by atoms with Crippen molar-refractivity contribution in [2.45, 2.75) is 20.5 Å². The van der Waals surface area contributed by atoms with Crippen molar-refractivity contribution in [3.05, 3.63) is 51.9 Å². The second kappa shape index (κ2) is 10.5. The maximum absolute atomic E-state index is 12.3. The Balaban J connectivity index is 2.19. The molecule has 1 aromatic carbocycles. The molecular weight excluding hydrogens is 418 g/mol. The monoisotopic (exact) mass is 438 g/mol. The zero-order valence-electron chi connectivity index (χ0n) is 16.5. The highest BCUT2D eigenvalue weighted by atomic mass is 32.1. The van der Waals surface area contributed by atoms with Gasteiger partial charge in [0.25, 0.3) is 5.91 Å². The smallest absolute Gasteiger partial charge is 0.387 e. The van der Waals surface area contributed by atoms with Crippen molar-refractivity contribution >= 4 is 40.2 Å². The average molecular weight is 438 g/mol. The van der Waals surface area contributed by atoms with Gasteiger partial charge < -0.3 is 20.1 Å². The highest BCUT2D eigenvalue weighted by Crippen LogP contribution is 2.33. The number of esters is 1. The molecule has 0 fully saturated rings. The van der Waals surface area contributed by atoms with Crippen molar-refractivity contribution in [1.29, 1.82) is 0 Å². The molecule has 0 bridgehead atoms. The summed E-state index contributed by atoms with van der Waals surface area (Å²) in [6.45, 7) is 0.474. The summed E-state index contributed by atoms with van der Waals surface area (Å²) in [5, 5.41) is 5.27. The molecule has 0 spiro atoms. The van der Waals surface area contributed by atoms with Crippen LogP contribution in [0.1, 0.15) is 38.1 Å². The van der Waals surface area contributed by atoms with E-state index in [0.717, 1.165) is 11.3 Å². The lowest BCUT2D eigenvalue weighted by molar-refractivity contribution is -0.111. The number of anilines is 1. The number of amides is 2. The number of hydrogen-bond donors (Lipinski definition) is 2. The van der Waals surface area contributed by atoms with E-state index in [2.05, 4.69) is 15.4 Å². The van der Waals surface area contributed by atoms with Crippen molar-refractivity contribution in [2.24, 2.45) is 0 Å². The molecule has 2 rings (SSSR count). The summed E-state index contributed by atoms with van der Waals surface area (Å²) in [6, 6.07) is 5.71. The fourth-order valence-corrected chi connectivity index (χ4v) is 3.61. The third kappa shape index (κ3) is 5.86. The van der Waals surface area contributed by atoms with Gasteiger partial charge in [-0.25, -0.2) is 4.79 Å². The van der Waals surface area contributed by atoms with Gasteiger partial charge in [-0.15, -0.1) is 11.3 Å². The third-order valence-corrected chi connectivity index (χ3v) is 5.03. The number of carbonyl (C=O) groups is 3. The van der Waals surface area contributed by atoms with Gasteiger partial charge in [-0.05, 0) is 43.2 Å². The lowest BCUT2D eigenvalue weighted by Gasteiger charge is -2.06. The number of rotatable bonds is 8. The summed E-state index contributed by atoms with van der Waals surface area (Å²) in [7, 11) is 1.46. The van der Waals surface area contributed by atoms with Crippen molar-refractivity contribution in [3.63, 3.8) is 0 Å². The van der Waals surface area contributed by atoms with Gasteiger partial charge in [-0.2, -0.15) is 8.78 Å². The molecular formula is C20H20F2N2O5S. The van der Waals surface area contributed by atoms with Crippen LogP contribution in [0.2, 0.25) is 0 Å². The number of halogens is 2. The summed E-state index contributed by atoms with van der Waals surface area (Å²) >= 11 is 0.964. The van der Waals surface area contributed by atoms with Gasteiger partial charge in [-0.1, -0.05) is 12.1 Å². The number of ether oxygens (including phenoxy) is 2. The van der Waals surface area contributed by atoms with Crippen molar-refractivity contribution in [3.8, 4) is 5.75 Å². The Morgan fingerprint density at radius 1 is 1.20 bits per heavy atom. The number of hydrogen-bond acceptors (Lipinski definition) is 6. The molecule has 0 aliphatic carbocycles. The summed E-state index contributed by atoms with van der Waals surface area (Å²) < 4.78 is 33.6. The first kappa shape index (κ1) is 23.0. The SMILES string of the molecule is CCOC(=O)c1c(NC(=O)/C=C/c2ccc(OC(F)F)cc2)sc(C(=O)NC)c1C. The first-order valence-corrected chi connectivity index (χ1v) is 9.65. The predicted octanol–water partition coefficient (Wildman–Crippen LogP) is 3.85. The third-order valence-electron chi connectivity index (χ3n) is 3.83. The lowest BCUT2D eigenvalue weighted by atomic mass is 10.1. The molecule has 1 aromatic heterocycles.